The number of halogens is 2. The van der Waals surface area contributed by atoms with Crippen LogP contribution in [0.1, 0.15) is 16.1 Å². The van der Waals surface area contributed by atoms with Crippen molar-refractivity contribution in [3.05, 3.63) is 47.5 Å². The molecule has 2 N–H and O–H groups in total. The lowest BCUT2D eigenvalue weighted by molar-refractivity contribution is 0.0953. The lowest BCUT2D eigenvalue weighted by Crippen LogP contribution is -2.30. The lowest BCUT2D eigenvalue weighted by Gasteiger charge is -2.06. The number of carbonyl (C=O) groups excluding carboxylic acids is 1. The van der Waals surface area contributed by atoms with E-state index >= 15 is 0 Å². The first-order valence-corrected chi connectivity index (χ1v) is 6.37. The Bertz CT molecular complexity index is 598. The van der Waals surface area contributed by atoms with Crippen LogP contribution < -0.4 is 10.6 Å². The maximum absolute atomic E-state index is 12.9. The van der Waals surface area contributed by atoms with Gasteiger partial charge >= 0.3 is 0 Å². The van der Waals surface area contributed by atoms with E-state index in [-0.39, 0.29) is 24.1 Å². The summed E-state index contributed by atoms with van der Waals surface area (Å²) in [6.45, 7) is 3.07. The van der Waals surface area contributed by atoms with Crippen molar-refractivity contribution >= 4 is 18.3 Å². The molecule has 0 radical (unpaired) electrons. The van der Waals surface area contributed by atoms with Crippen molar-refractivity contribution < 1.29 is 9.18 Å². The Morgan fingerprint density at radius 3 is 2.57 bits per heavy atom. The maximum atomic E-state index is 12.9. The molecular weight excluding hydrogens is 295 g/mol. The number of hydrogen-bond acceptors (Lipinski definition) is 3. The Balaban J connectivity index is 0.00000220. The van der Waals surface area contributed by atoms with Crippen molar-refractivity contribution in [3.63, 3.8) is 0 Å². The van der Waals surface area contributed by atoms with Crippen molar-refractivity contribution in [1.82, 2.24) is 20.4 Å². The van der Waals surface area contributed by atoms with E-state index in [1.54, 1.807) is 16.8 Å². The molecule has 0 unspecified atom stereocenters. The number of hydrogen-bond donors (Lipinski definition) is 2. The predicted octanol–water partition coefficient (Wildman–Crippen LogP) is 1.69. The quantitative estimate of drug-likeness (QED) is 0.826. The van der Waals surface area contributed by atoms with Crippen LogP contribution in [-0.4, -0.2) is 35.8 Å². The van der Waals surface area contributed by atoms with Crippen LogP contribution in [-0.2, 0) is 0 Å². The molecule has 1 heterocycles. The molecule has 0 aliphatic rings. The molecule has 0 saturated carbocycles. The summed E-state index contributed by atoms with van der Waals surface area (Å²) in [4.78, 5) is 12.0. The van der Waals surface area contributed by atoms with Crippen LogP contribution >= 0.6 is 12.4 Å². The number of carbonyl (C=O) groups is 1. The van der Waals surface area contributed by atoms with Gasteiger partial charge in [0.25, 0.3) is 5.91 Å². The van der Waals surface area contributed by atoms with Crippen molar-refractivity contribution in [2.24, 2.45) is 0 Å². The van der Waals surface area contributed by atoms with Gasteiger partial charge in [-0.3, -0.25) is 4.79 Å². The molecule has 2 rings (SSSR count). The third-order valence-corrected chi connectivity index (χ3v) is 2.99. The third-order valence-electron chi connectivity index (χ3n) is 2.99. The normalized spacial score (nSPS) is 10.0. The van der Waals surface area contributed by atoms with Crippen LogP contribution in [0.4, 0.5) is 4.39 Å². The Morgan fingerprint density at radius 1 is 1.29 bits per heavy atom. The molecule has 0 atom stereocenters. The minimum absolute atomic E-state index is 0. The van der Waals surface area contributed by atoms with E-state index in [9.17, 15) is 9.18 Å². The van der Waals surface area contributed by atoms with Crippen LogP contribution in [0.15, 0.2) is 30.5 Å². The van der Waals surface area contributed by atoms with Crippen molar-refractivity contribution in [1.29, 1.82) is 0 Å². The number of aromatic nitrogens is 2. The first kappa shape index (κ1) is 17.1. The third kappa shape index (κ3) is 4.03. The van der Waals surface area contributed by atoms with Gasteiger partial charge in [-0.1, -0.05) is 0 Å². The molecule has 5 nitrogen and oxygen atoms in total. The second-order valence-corrected chi connectivity index (χ2v) is 4.39. The predicted molar refractivity (Wildman–Crippen MR) is 81.8 cm³/mol. The average molecular weight is 313 g/mol. The van der Waals surface area contributed by atoms with Crippen LogP contribution in [0.25, 0.3) is 5.69 Å². The zero-order valence-electron chi connectivity index (χ0n) is 11.9. The molecule has 0 saturated heterocycles. The fourth-order valence-corrected chi connectivity index (χ4v) is 1.87. The van der Waals surface area contributed by atoms with E-state index in [2.05, 4.69) is 15.7 Å². The van der Waals surface area contributed by atoms with E-state index in [1.807, 2.05) is 14.0 Å². The summed E-state index contributed by atoms with van der Waals surface area (Å²) >= 11 is 0. The van der Waals surface area contributed by atoms with Crippen LogP contribution in [0.3, 0.4) is 0 Å². The monoisotopic (exact) mass is 312 g/mol. The molecule has 0 spiro atoms. The molecule has 7 heteroatoms. The Morgan fingerprint density at radius 2 is 1.95 bits per heavy atom. The van der Waals surface area contributed by atoms with Crippen molar-refractivity contribution in [2.45, 2.75) is 6.92 Å². The second kappa shape index (κ2) is 7.75. The summed E-state index contributed by atoms with van der Waals surface area (Å²) in [5.74, 6) is -0.463. The lowest BCUT2D eigenvalue weighted by atomic mass is 10.2. The van der Waals surface area contributed by atoms with Crippen molar-refractivity contribution in [2.75, 3.05) is 20.1 Å². The largest absolute Gasteiger partial charge is 0.351 e. The van der Waals surface area contributed by atoms with E-state index in [4.69, 9.17) is 0 Å². The Hall–Kier alpha value is -1.92. The summed E-state index contributed by atoms with van der Waals surface area (Å²) in [7, 11) is 1.82. The molecule has 114 valence electrons. The summed E-state index contributed by atoms with van der Waals surface area (Å²) in [5.41, 5.74) is 1.96. The summed E-state index contributed by atoms with van der Waals surface area (Å²) in [5, 5.41) is 9.94. The molecule has 0 bridgehead atoms. The molecular formula is C14H18ClFN4O. The zero-order valence-corrected chi connectivity index (χ0v) is 12.7. The summed E-state index contributed by atoms with van der Waals surface area (Å²) in [6, 6.07) is 5.97. The number of nitrogens with one attached hydrogen (secondary N) is 2. The number of nitrogens with zero attached hydrogens (tertiary/aromatic N) is 2. The summed E-state index contributed by atoms with van der Waals surface area (Å²) < 4.78 is 14.5. The van der Waals surface area contributed by atoms with Gasteiger partial charge in [0.05, 0.1) is 23.1 Å². The van der Waals surface area contributed by atoms with Crippen LogP contribution in [0, 0.1) is 12.7 Å². The van der Waals surface area contributed by atoms with Gasteiger partial charge in [-0.2, -0.15) is 5.10 Å². The first-order chi connectivity index (χ1) is 9.63. The van der Waals surface area contributed by atoms with Gasteiger partial charge in [-0.05, 0) is 38.2 Å². The molecule has 1 amide bonds. The SMILES string of the molecule is CNCCNC(=O)c1cnn(-c2ccc(F)cc2)c1C.Cl. The van der Waals surface area contributed by atoms with Crippen molar-refractivity contribution in [3.8, 4) is 5.69 Å². The standard InChI is InChI=1S/C14H17FN4O.ClH/c1-10-13(14(20)17-8-7-16-2)9-18-19(10)12-5-3-11(15)4-6-12;/h3-6,9,16H,7-8H2,1-2H3,(H,17,20);1H. The van der Waals surface area contributed by atoms with E-state index in [1.165, 1.54) is 18.3 Å². The van der Waals surface area contributed by atoms with Gasteiger partial charge in [0.15, 0.2) is 0 Å². The molecule has 1 aromatic carbocycles. The second-order valence-electron chi connectivity index (χ2n) is 4.39. The number of rotatable bonds is 5. The molecule has 2 aromatic rings. The number of benzene rings is 1. The minimum Gasteiger partial charge on any atom is -0.351 e. The highest BCUT2D eigenvalue weighted by atomic mass is 35.5. The van der Waals surface area contributed by atoms with Crippen LogP contribution in [0.2, 0.25) is 0 Å². The number of amides is 1. The maximum Gasteiger partial charge on any atom is 0.254 e. The number of likely N-dealkylation sites (N-methyl/N-ethyl adjacent to an activating group) is 1. The highest BCUT2D eigenvalue weighted by Gasteiger charge is 2.14. The smallest absolute Gasteiger partial charge is 0.254 e. The molecule has 1 aromatic heterocycles. The van der Waals surface area contributed by atoms with Crippen LogP contribution in [0.5, 0.6) is 0 Å². The summed E-state index contributed by atoms with van der Waals surface area (Å²) in [6.07, 6.45) is 1.52. The fraction of sp³-hybridized carbons (Fsp3) is 0.286. The average Bonchev–Trinajstić information content (AvgIpc) is 2.82. The minimum atomic E-state index is -0.302. The molecule has 0 fully saturated rings. The van der Waals surface area contributed by atoms with Gasteiger partial charge in [-0.25, -0.2) is 9.07 Å². The highest BCUT2D eigenvalue weighted by molar-refractivity contribution is 5.95. The Labute approximate surface area is 129 Å². The fourth-order valence-electron chi connectivity index (χ4n) is 1.87. The zero-order chi connectivity index (χ0) is 14.5. The van der Waals surface area contributed by atoms with E-state index in [0.29, 0.717) is 18.7 Å². The topological polar surface area (TPSA) is 58.9 Å². The van der Waals surface area contributed by atoms with E-state index < -0.39 is 0 Å². The van der Waals surface area contributed by atoms with Gasteiger partial charge < -0.3 is 10.6 Å². The Kier molecular flexibility index (Phi) is 6.33. The highest BCUT2D eigenvalue weighted by Crippen LogP contribution is 2.14. The van der Waals surface area contributed by atoms with Gasteiger partial charge in [-0.15, -0.1) is 12.4 Å². The molecule has 0 aliphatic heterocycles. The van der Waals surface area contributed by atoms with Gasteiger partial charge in [0, 0.05) is 13.1 Å². The van der Waals surface area contributed by atoms with Gasteiger partial charge in [0.2, 0.25) is 0 Å². The molecule has 21 heavy (non-hydrogen) atoms. The van der Waals surface area contributed by atoms with E-state index in [0.717, 1.165) is 11.4 Å². The van der Waals surface area contributed by atoms with Gasteiger partial charge in [0.1, 0.15) is 5.82 Å². The first-order valence-electron chi connectivity index (χ1n) is 6.37. The molecule has 0 aliphatic carbocycles.